The number of hydrogen-bond acceptors (Lipinski definition) is 4. The number of nitrogens with zero attached hydrogens (tertiary/aromatic N) is 1. The second kappa shape index (κ2) is 6.35. The number of nitrogens with one attached hydrogen (secondary N) is 1. The highest BCUT2D eigenvalue weighted by atomic mass is 19.1. The third-order valence-corrected chi connectivity index (χ3v) is 1.86. The molecule has 0 atom stereocenters. The van der Waals surface area contributed by atoms with E-state index in [1.807, 2.05) is 0 Å². The van der Waals surface area contributed by atoms with Crippen molar-refractivity contribution in [2.75, 3.05) is 11.9 Å². The Morgan fingerprint density at radius 3 is 2.56 bits per heavy atom. The van der Waals surface area contributed by atoms with Crippen LogP contribution in [-0.2, 0) is 9.53 Å². The maximum Gasteiger partial charge on any atom is 0.350 e. The fourth-order valence-electron chi connectivity index (χ4n) is 1.14. The van der Waals surface area contributed by atoms with Crippen molar-refractivity contribution in [1.82, 2.24) is 0 Å². The van der Waals surface area contributed by atoms with E-state index < -0.39 is 17.6 Å². The van der Waals surface area contributed by atoms with Crippen molar-refractivity contribution in [3.8, 4) is 6.07 Å². The molecule has 6 heteroatoms. The van der Waals surface area contributed by atoms with Crippen molar-refractivity contribution in [3.63, 3.8) is 0 Å². The van der Waals surface area contributed by atoms with E-state index in [0.29, 0.717) is 6.07 Å². The van der Waals surface area contributed by atoms with Crippen molar-refractivity contribution in [1.29, 1.82) is 5.26 Å². The lowest BCUT2D eigenvalue weighted by atomic mass is 10.3. The summed E-state index contributed by atoms with van der Waals surface area (Å²) in [5.74, 6) is -2.33. The molecule has 0 aliphatic rings. The molecule has 0 bridgehead atoms. The zero-order chi connectivity index (χ0) is 13.5. The SMILES string of the molecule is CCOC(=O)/C(C#N)=C\Nc1cc(F)cc(F)c1. The molecule has 0 saturated carbocycles. The number of rotatable bonds is 4. The topological polar surface area (TPSA) is 62.1 Å². The second-order valence-corrected chi connectivity index (χ2v) is 3.19. The Labute approximate surface area is 102 Å². The van der Waals surface area contributed by atoms with E-state index in [9.17, 15) is 13.6 Å². The maximum atomic E-state index is 12.9. The quantitative estimate of drug-likeness (QED) is 0.507. The summed E-state index contributed by atoms with van der Waals surface area (Å²) >= 11 is 0. The number of anilines is 1. The number of esters is 1. The molecule has 18 heavy (non-hydrogen) atoms. The molecule has 0 radical (unpaired) electrons. The minimum Gasteiger partial charge on any atom is -0.462 e. The van der Waals surface area contributed by atoms with Gasteiger partial charge in [0.2, 0.25) is 0 Å². The Balaban J connectivity index is 2.83. The van der Waals surface area contributed by atoms with Gasteiger partial charge in [0, 0.05) is 18.0 Å². The van der Waals surface area contributed by atoms with E-state index in [-0.39, 0.29) is 17.9 Å². The fourth-order valence-corrected chi connectivity index (χ4v) is 1.14. The van der Waals surface area contributed by atoms with Crippen molar-refractivity contribution in [3.05, 3.63) is 41.6 Å². The summed E-state index contributed by atoms with van der Waals surface area (Å²) in [6.45, 7) is 1.73. The van der Waals surface area contributed by atoms with E-state index >= 15 is 0 Å². The summed E-state index contributed by atoms with van der Waals surface area (Å²) in [4.78, 5) is 11.2. The molecule has 1 N–H and O–H groups in total. The average molecular weight is 252 g/mol. The van der Waals surface area contributed by atoms with Crippen molar-refractivity contribution < 1.29 is 18.3 Å². The molecule has 4 nitrogen and oxygen atoms in total. The molecule has 0 aliphatic heterocycles. The molecule has 0 aliphatic carbocycles. The molecule has 0 amide bonds. The summed E-state index contributed by atoms with van der Waals surface area (Å²) in [5.41, 5.74) is -0.203. The highest BCUT2D eigenvalue weighted by molar-refractivity contribution is 5.93. The number of ether oxygens (including phenoxy) is 1. The smallest absolute Gasteiger partial charge is 0.350 e. The van der Waals surface area contributed by atoms with Crippen LogP contribution in [0.4, 0.5) is 14.5 Å². The van der Waals surface area contributed by atoms with Crippen LogP contribution in [0.1, 0.15) is 6.92 Å². The zero-order valence-electron chi connectivity index (χ0n) is 9.54. The molecule has 0 spiro atoms. The van der Waals surface area contributed by atoms with Gasteiger partial charge in [0.15, 0.2) is 5.57 Å². The fraction of sp³-hybridized carbons (Fsp3) is 0.167. The molecule has 94 valence electrons. The Hall–Kier alpha value is -2.42. The van der Waals surface area contributed by atoms with Crippen molar-refractivity contribution in [2.45, 2.75) is 6.92 Å². The molecule has 1 aromatic rings. The van der Waals surface area contributed by atoms with Crippen LogP contribution >= 0.6 is 0 Å². The largest absolute Gasteiger partial charge is 0.462 e. The van der Waals surface area contributed by atoms with Gasteiger partial charge in [-0.15, -0.1) is 0 Å². The first-order valence-electron chi connectivity index (χ1n) is 5.07. The van der Waals surface area contributed by atoms with Crippen LogP contribution in [-0.4, -0.2) is 12.6 Å². The number of benzene rings is 1. The van der Waals surface area contributed by atoms with E-state index in [1.54, 1.807) is 13.0 Å². The van der Waals surface area contributed by atoms with Gasteiger partial charge in [-0.3, -0.25) is 0 Å². The Kier molecular flexibility index (Phi) is 4.81. The predicted molar refractivity (Wildman–Crippen MR) is 60.3 cm³/mol. The van der Waals surface area contributed by atoms with E-state index in [0.717, 1.165) is 18.3 Å². The molecule has 0 heterocycles. The van der Waals surface area contributed by atoms with Crippen LogP contribution in [0.25, 0.3) is 0 Å². The Morgan fingerprint density at radius 2 is 2.06 bits per heavy atom. The van der Waals surface area contributed by atoms with Crippen LogP contribution in [0.5, 0.6) is 0 Å². The summed E-state index contributed by atoms with van der Waals surface area (Å²) in [7, 11) is 0. The van der Waals surface area contributed by atoms with Crippen molar-refractivity contribution >= 4 is 11.7 Å². The standard InChI is InChI=1S/C12H10F2N2O2/c1-2-18-12(17)8(6-15)7-16-11-4-9(13)3-10(14)5-11/h3-5,7,16H,2H2,1H3/b8-7-. The molecular weight excluding hydrogens is 242 g/mol. The number of carbonyl (C=O) groups excluding carboxylic acids is 1. The molecule has 1 rings (SSSR count). The Morgan fingerprint density at radius 1 is 1.44 bits per heavy atom. The van der Waals surface area contributed by atoms with Gasteiger partial charge >= 0.3 is 5.97 Å². The highest BCUT2D eigenvalue weighted by Crippen LogP contribution is 2.13. The molecule has 1 aromatic carbocycles. The lowest BCUT2D eigenvalue weighted by molar-refractivity contribution is -0.138. The van der Waals surface area contributed by atoms with Gasteiger partial charge in [0.25, 0.3) is 0 Å². The maximum absolute atomic E-state index is 12.9. The monoisotopic (exact) mass is 252 g/mol. The average Bonchev–Trinajstić information content (AvgIpc) is 2.29. The molecule has 0 fully saturated rings. The first-order valence-corrected chi connectivity index (χ1v) is 5.07. The van der Waals surface area contributed by atoms with E-state index in [4.69, 9.17) is 5.26 Å². The van der Waals surface area contributed by atoms with Gasteiger partial charge in [-0.1, -0.05) is 0 Å². The summed E-state index contributed by atoms with van der Waals surface area (Å²) < 4.78 is 30.3. The van der Waals surface area contributed by atoms with E-state index in [1.165, 1.54) is 0 Å². The second-order valence-electron chi connectivity index (χ2n) is 3.19. The first-order chi connectivity index (χ1) is 8.56. The summed E-state index contributed by atoms with van der Waals surface area (Å²) in [5, 5.41) is 11.2. The normalized spacial score (nSPS) is 10.7. The first kappa shape index (κ1) is 13.6. The number of carbonyl (C=O) groups is 1. The van der Waals surface area contributed by atoms with Gasteiger partial charge in [-0.25, -0.2) is 13.6 Å². The lowest BCUT2D eigenvalue weighted by Crippen LogP contribution is -2.08. The summed E-state index contributed by atoms with van der Waals surface area (Å²) in [6, 6.07) is 4.39. The Bertz CT molecular complexity index is 501. The van der Waals surface area contributed by atoms with Gasteiger partial charge in [-0.05, 0) is 19.1 Å². The zero-order valence-corrected chi connectivity index (χ0v) is 9.54. The lowest BCUT2D eigenvalue weighted by Gasteiger charge is -2.03. The minimum absolute atomic E-state index is 0.0875. The van der Waals surface area contributed by atoms with Crippen LogP contribution in [0.3, 0.4) is 0 Å². The third kappa shape index (κ3) is 3.87. The van der Waals surface area contributed by atoms with Crippen LogP contribution in [0.15, 0.2) is 30.0 Å². The number of hydrogen-bond donors (Lipinski definition) is 1. The van der Waals surface area contributed by atoms with Gasteiger partial charge in [0.05, 0.1) is 6.61 Å². The third-order valence-electron chi connectivity index (χ3n) is 1.86. The molecule has 0 saturated heterocycles. The van der Waals surface area contributed by atoms with Crippen LogP contribution < -0.4 is 5.32 Å². The number of halogens is 2. The van der Waals surface area contributed by atoms with Gasteiger partial charge in [-0.2, -0.15) is 5.26 Å². The van der Waals surface area contributed by atoms with Crippen LogP contribution in [0.2, 0.25) is 0 Å². The molecular formula is C12H10F2N2O2. The number of nitriles is 1. The van der Waals surface area contributed by atoms with Crippen LogP contribution in [0, 0.1) is 23.0 Å². The summed E-state index contributed by atoms with van der Waals surface area (Å²) in [6.07, 6.45) is 1.03. The van der Waals surface area contributed by atoms with E-state index in [2.05, 4.69) is 10.1 Å². The van der Waals surface area contributed by atoms with Gasteiger partial charge < -0.3 is 10.1 Å². The molecule has 0 aromatic heterocycles. The minimum atomic E-state index is -0.802. The highest BCUT2D eigenvalue weighted by Gasteiger charge is 2.09. The van der Waals surface area contributed by atoms with Crippen molar-refractivity contribution in [2.24, 2.45) is 0 Å². The predicted octanol–water partition coefficient (Wildman–Crippen LogP) is 2.35. The molecule has 0 unspecified atom stereocenters. The van der Waals surface area contributed by atoms with Gasteiger partial charge in [0.1, 0.15) is 17.7 Å².